The predicted octanol–water partition coefficient (Wildman–Crippen LogP) is 4.41. The summed E-state index contributed by atoms with van der Waals surface area (Å²) in [6, 6.07) is 9.96. The molecule has 2 aromatic rings. The third kappa shape index (κ3) is 3.75. The van der Waals surface area contributed by atoms with Gasteiger partial charge in [0, 0.05) is 19.3 Å². The highest BCUT2D eigenvalue weighted by molar-refractivity contribution is 5.93. The Balaban J connectivity index is 1.52. The van der Waals surface area contributed by atoms with Crippen LogP contribution in [-0.2, 0) is 5.54 Å². The second kappa shape index (κ2) is 7.55. The number of carbonyl (C=O) groups excluding carboxylic acids is 1. The molecule has 1 saturated heterocycles. The Bertz CT molecular complexity index is 796. The molecule has 4 rings (SSSR count). The molecule has 0 radical (unpaired) electrons. The van der Waals surface area contributed by atoms with Crippen molar-refractivity contribution in [1.82, 2.24) is 10.3 Å². The molecule has 1 saturated carbocycles. The minimum absolute atomic E-state index is 0.241. The van der Waals surface area contributed by atoms with E-state index in [0.29, 0.717) is 0 Å². The molecule has 0 bridgehead atoms. The fourth-order valence-corrected chi connectivity index (χ4v) is 4.28. The number of carbonyl (C=O) groups is 1. The maximum atomic E-state index is 13.3. The molecule has 6 heteroatoms. The van der Waals surface area contributed by atoms with Gasteiger partial charge in [-0.2, -0.15) is 0 Å². The number of urea groups is 1. The van der Waals surface area contributed by atoms with Crippen molar-refractivity contribution in [2.45, 2.75) is 44.1 Å². The van der Waals surface area contributed by atoms with E-state index in [0.717, 1.165) is 68.7 Å². The van der Waals surface area contributed by atoms with E-state index in [-0.39, 0.29) is 11.8 Å². The van der Waals surface area contributed by atoms with Crippen LogP contribution in [0.3, 0.4) is 0 Å². The average Bonchev–Trinajstić information content (AvgIpc) is 3.35. The highest BCUT2D eigenvalue weighted by Gasteiger charge is 2.37. The smallest absolute Gasteiger partial charge is 0.320 e. The van der Waals surface area contributed by atoms with Crippen LogP contribution >= 0.6 is 0 Å². The van der Waals surface area contributed by atoms with E-state index < -0.39 is 5.54 Å². The zero-order chi connectivity index (χ0) is 18.7. The Hall–Kier alpha value is -2.63. The summed E-state index contributed by atoms with van der Waals surface area (Å²) >= 11 is 0. The lowest BCUT2D eigenvalue weighted by molar-refractivity contribution is 0.236. The minimum Gasteiger partial charge on any atom is -0.355 e. The molecular formula is C21H25FN4O. The molecule has 0 spiro atoms. The Morgan fingerprint density at radius 2 is 1.74 bits per heavy atom. The fraction of sp³-hybridized carbons (Fsp3) is 0.429. The van der Waals surface area contributed by atoms with Crippen molar-refractivity contribution in [3.8, 4) is 0 Å². The highest BCUT2D eigenvalue weighted by atomic mass is 19.1. The molecular weight excluding hydrogens is 343 g/mol. The summed E-state index contributed by atoms with van der Waals surface area (Å²) in [7, 11) is 0. The molecule has 27 heavy (non-hydrogen) atoms. The first-order chi connectivity index (χ1) is 13.2. The maximum absolute atomic E-state index is 13.3. The van der Waals surface area contributed by atoms with E-state index in [1.54, 1.807) is 18.3 Å². The third-order valence-corrected chi connectivity index (χ3v) is 5.65. The van der Waals surface area contributed by atoms with Crippen LogP contribution < -0.4 is 15.5 Å². The molecule has 1 aromatic heterocycles. The minimum atomic E-state index is -0.437. The maximum Gasteiger partial charge on any atom is 0.320 e. The lowest BCUT2D eigenvalue weighted by Crippen LogP contribution is -2.46. The summed E-state index contributed by atoms with van der Waals surface area (Å²) in [6.07, 6.45) is 7.86. The van der Waals surface area contributed by atoms with E-state index in [2.05, 4.69) is 20.5 Å². The molecule has 2 amide bonds. The van der Waals surface area contributed by atoms with Gasteiger partial charge in [0.25, 0.3) is 0 Å². The number of hydrogen-bond donors (Lipinski definition) is 2. The van der Waals surface area contributed by atoms with Crippen LogP contribution in [-0.4, -0.2) is 24.1 Å². The molecule has 142 valence electrons. The second-order valence-electron chi connectivity index (χ2n) is 7.44. The van der Waals surface area contributed by atoms with Crippen LogP contribution in [0.5, 0.6) is 0 Å². The van der Waals surface area contributed by atoms with Gasteiger partial charge in [0.2, 0.25) is 0 Å². The van der Waals surface area contributed by atoms with Gasteiger partial charge in [0.05, 0.1) is 11.2 Å². The summed E-state index contributed by atoms with van der Waals surface area (Å²) in [6.45, 7) is 1.93. The largest absolute Gasteiger partial charge is 0.355 e. The van der Waals surface area contributed by atoms with Gasteiger partial charge in [-0.1, -0.05) is 25.0 Å². The van der Waals surface area contributed by atoms with Gasteiger partial charge < -0.3 is 15.5 Å². The molecule has 2 heterocycles. The van der Waals surface area contributed by atoms with Crippen molar-refractivity contribution in [2.24, 2.45) is 0 Å². The third-order valence-electron chi connectivity index (χ3n) is 5.65. The first kappa shape index (κ1) is 17.8. The lowest BCUT2D eigenvalue weighted by Gasteiger charge is -2.31. The quantitative estimate of drug-likeness (QED) is 0.840. The van der Waals surface area contributed by atoms with Crippen LogP contribution in [0.4, 0.5) is 20.7 Å². The molecule has 1 aliphatic heterocycles. The van der Waals surface area contributed by atoms with Crippen molar-refractivity contribution in [3.05, 3.63) is 54.0 Å². The molecule has 1 aliphatic carbocycles. The highest BCUT2D eigenvalue weighted by Crippen LogP contribution is 2.39. The van der Waals surface area contributed by atoms with Gasteiger partial charge in [-0.3, -0.25) is 0 Å². The Kier molecular flexibility index (Phi) is 4.97. The van der Waals surface area contributed by atoms with E-state index >= 15 is 0 Å². The van der Waals surface area contributed by atoms with Gasteiger partial charge in [-0.05, 0) is 55.5 Å². The summed E-state index contributed by atoms with van der Waals surface area (Å²) < 4.78 is 13.3. The number of pyridine rings is 1. The number of halogens is 1. The van der Waals surface area contributed by atoms with Crippen LogP contribution in [0.1, 0.15) is 44.1 Å². The Labute approximate surface area is 159 Å². The zero-order valence-corrected chi connectivity index (χ0v) is 15.4. The summed E-state index contributed by atoms with van der Waals surface area (Å²) in [5, 5.41) is 6.17. The summed E-state index contributed by atoms with van der Waals surface area (Å²) in [5.74, 6) is 0.564. The molecule has 2 aliphatic rings. The summed E-state index contributed by atoms with van der Waals surface area (Å²) in [5.41, 5.74) is 1.25. The fourth-order valence-electron chi connectivity index (χ4n) is 4.28. The van der Waals surface area contributed by atoms with Crippen molar-refractivity contribution >= 4 is 17.5 Å². The van der Waals surface area contributed by atoms with Gasteiger partial charge >= 0.3 is 6.03 Å². The SMILES string of the molecule is O=C(Nc1cccnc1N1CCCC1)NC1(c2ccc(F)cc2)CCCC1. The van der Waals surface area contributed by atoms with Crippen molar-refractivity contribution in [3.63, 3.8) is 0 Å². The molecule has 5 nitrogen and oxygen atoms in total. The number of aromatic nitrogens is 1. The average molecular weight is 368 g/mol. The number of hydrogen-bond acceptors (Lipinski definition) is 3. The van der Waals surface area contributed by atoms with Crippen LogP contribution in [0.2, 0.25) is 0 Å². The molecule has 0 unspecified atom stereocenters. The van der Waals surface area contributed by atoms with E-state index in [1.165, 1.54) is 12.1 Å². The topological polar surface area (TPSA) is 57.3 Å². The van der Waals surface area contributed by atoms with Gasteiger partial charge in [0.15, 0.2) is 5.82 Å². The predicted molar refractivity (Wildman–Crippen MR) is 104 cm³/mol. The van der Waals surface area contributed by atoms with Gasteiger partial charge in [-0.15, -0.1) is 0 Å². The normalized spacial score (nSPS) is 18.5. The first-order valence-electron chi connectivity index (χ1n) is 9.71. The number of nitrogens with one attached hydrogen (secondary N) is 2. The molecule has 1 aromatic carbocycles. The molecule has 2 fully saturated rings. The van der Waals surface area contributed by atoms with Gasteiger partial charge in [-0.25, -0.2) is 14.2 Å². The number of nitrogens with zero attached hydrogens (tertiary/aromatic N) is 2. The number of rotatable bonds is 4. The Morgan fingerprint density at radius 3 is 2.44 bits per heavy atom. The Morgan fingerprint density at radius 1 is 1.04 bits per heavy atom. The van der Waals surface area contributed by atoms with Crippen LogP contribution in [0.15, 0.2) is 42.6 Å². The number of anilines is 2. The summed E-state index contributed by atoms with van der Waals surface area (Å²) in [4.78, 5) is 19.5. The molecule has 0 atom stereocenters. The zero-order valence-electron chi connectivity index (χ0n) is 15.4. The lowest BCUT2D eigenvalue weighted by atomic mass is 9.88. The van der Waals surface area contributed by atoms with Crippen molar-refractivity contribution in [1.29, 1.82) is 0 Å². The van der Waals surface area contributed by atoms with Crippen molar-refractivity contribution < 1.29 is 9.18 Å². The van der Waals surface area contributed by atoms with Crippen molar-refractivity contribution in [2.75, 3.05) is 23.3 Å². The number of amides is 2. The number of benzene rings is 1. The van der Waals surface area contributed by atoms with Gasteiger partial charge in [0.1, 0.15) is 5.82 Å². The van der Waals surface area contributed by atoms with E-state index in [4.69, 9.17) is 0 Å². The standard InChI is InChI=1S/C21H25FN4O/c22-17-9-7-16(8-10-17)21(11-1-2-12-21)25-20(27)24-18-6-5-13-23-19(18)26-14-3-4-15-26/h5-10,13H,1-4,11-12,14-15H2,(H2,24,25,27). The first-order valence-corrected chi connectivity index (χ1v) is 9.71. The molecule has 2 N–H and O–H groups in total. The second-order valence-corrected chi connectivity index (χ2v) is 7.44. The monoisotopic (exact) mass is 368 g/mol. The van der Waals surface area contributed by atoms with E-state index in [1.807, 2.05) is 12.1 Å². The van der Waals surface area contributed by atoms with Crippen LogP contribution in [0, 0.1) is 5.82 Å². The van der Waals surface area contributed by atoms with Crippen LogP contribution in [0.25, 0.3) is 0 Å². The van der Waals surface area contributed by atoms with E-state index in [9.17, 15) is 9.18 Å².